The summed E-state index contributed by atoms with van der Waals surface area (Å²) >= 11 is 0. The summed E-state index contributed by atoms with van der Waals surface area (Å²) in [7, 11) is 0. The maximum absolute atomic E-state index is 12.0. The Hall–Kier alpha value is -3.88. The molecule has 0 bridgehead atoms. The van der Waals surface area contributed by atoms with Crippen molar-refractivity contribution in [2.75, 3.05) is 0 Å². The lowest BCUT2D eigenvalue weighted by molar-refractivity contribution is -0.138. The average molecular weight is 456 g/mol. The van der Waals surface area contributed by atoms with Gasteiger partial charge in [0.2, 0.25) is 0 Å². The SMILES string of the molecule is C=Cc1c(/C=c2/[nH]/c(=C/C(=N)C(CCC(=O)O)C(C)=O)c(CCC(=O)O)c2C)[nH]c(O)c1C. The molecule has 33 heavy (non-hydrogen) atoms. The topological polar surface area (TPSA) is 167 Å². The zero-order chi connectivity index (χ0) is 24.9. The summed E-state index contributed by atoms with van der Waals surface area (Å²) < 4.78 is 0. The van der Waals surface area contributed by atoms with Crippen molar-refractivity contribution in [1.82, 2.24) is 9.97 Å². The van der Waals surface area contributed by atoms with Crippen LogP contribution in [0.4, 0.5) is 0 Å². The van der Waals surface area contributed by atoms with Crippen LogP contribution in [0.1, 0.15) is 54.1 Å². The molecule has 2 aromatic heterocycles. The highest BCUT2D eigenvalue weighted by Gasteiger charge is 2.20. The molecule has 0 fully saturated rings. The Labute approximate surface area is 190 Å². The van der Waals surface area contributed by atoms with E-state index in [1.807, 2.05) is 6.92 Å². The zero-order valence-corrected chi connectivity index (χ0v) is 18.9. The summed E-state index contributed by atoms with van der Waals surface area (Å²) in [6.45, 7) is 8.65. The van der Waals surface area contributed by atoms with Gasteiger partial charge in [-0.3, -0.25) is 14.4 Å². The number of aliphatic carboxylic acids is 2. The van der Waals surface area contributed by atoms with Crippen LogP contribution in [0.3, 0.4) is 0 Å². The van der Waals surface area contributed by atoms with E-state index in [9.17, 15) is 19.5 Å². The van der Waals surface area contributed by atoms with Crippen molar-refractivity contribution in [2.45, 2.75) is 46.5 Å². The predicted molar refractivity (Wildman–Crippen MR) is 125 cm³/mol. The first kappa shape index (κ1) is 25.4. The molecule has 0 aliphatic heterocycles. The van der Waals surface area contributed by atoms with Gasteiger partial charge in [0.15, 0.2) is 5.88 Å². The number of aromatic nitrogens is 2. The minimum Gasteiger partial charge on any atom is -0.494 e. The normalized spacial score (nSPS) is 13.2. The first-order chi connectivity index (χ1) is 15.5. The molecule has 0 aromatic carbocycles. The summed E-state index contributed by atoms with van der Waals surface area (Å²) in [5, 5.41) is 37.6. The van der Waals surface area contributed by atoms with Crippen molar-refractivity contribution in [1.29, 1.82) is 5.41 Å². The van der Waals surface area contributed by atoms with E-state index in [0.29, 0.717) is 27.5 Å². The zero-order valence-electron chi connectivity index (χ0n) is 18.9. The second-order valence-corrected chi connectivity index (χ2v) is 7.92. The van der Waals surface area contributed by atoms with Crippen molar-refractivity contribution in [2.24, 2.45) is 5.92 Å². The molecule has 0 radical (unpaired) electrons. The summed E-state index contributed by atoms with van der Waals surface area (Å²) in [4.78, 5) is 40.2. The number of Topliss-reactive ketones (excluding diaryl/α,β-unsaturated/α-hetero) is 1. The molecule has 9 heteroatoms. The fourth-order valence-electron chi connectivity index (χ4n) is 3.74. The number of ketones is 1. The van der Waals surface area contributed by atoms with E-state index < -0.39 is 17.9 Å². The second-order valence-electron chi connectivity index (χ2n) is 7.92. The molecule has 0 saturated carbocycles. The van der Waals surface area contributed by atoms with Gasteiger partial charge >= 0.3 is 11.9 Å². The Morgan fingerprint density at radius 2 is 1.70 bits per heavy atom. The summed E-state index contributed by atoms with van der Waals surface area (Å²) in [6.07, 6.45) is 4.68. The first-order valence-electron chi connectivity index (χ1n) is 10.4. The molecule has 2 aromatic rings. The number of rotatable bonds is 11. The molecule has 1 atom stereocenters. The number of carboxylic acids is 2. The molecule has 176 valence electrons. The van der Waals surface area contributed by atoms with Gasteiger partial charge in [-0.2, -0.15) is 0 Å². The van der Waals surface area contributed by atoms with Crippen molar-refractivity contribution in [3.05, 3.63) is 45.2 Å². The Kier molecular flexibility index (Phi) is 8.17. The summed E-state index contributed by atoms with van der Waals surface area (Å²) in [6, 6.07) is 0. The Balaban J connectivity index is 2.64. The van der Waals surface area contributed by atoms with Crippen LogP contribution in [-0.2, 0) is 20.8 Å². The highest BCUT2D eigenvalue weighted by atomic mass is 16.4. The van der Waals surface area contributed by atoms with Gasteiger partial charge in [-0.1, -0.05) is 12.7 Å². The molecule has 2 rings (SSSR count). The molecule has 0 aliphatic rings. The molecule has 0 amide bonds. The first-order valence-corrected chi connectivity index (χ1v) is 10.4. The van der Waals surface area contributed by atoms with Gasteiger partial charge in [0.25, 0.3) is 0 Å². The molecule has 9 nitrogen and oxygen atoms in total. The summed E-state index contributed by atoms with van der Waals surface area (Å²) in [5.41, 5.74) is 3.37. The van der Waals surface area contributed by atoms with Gasteiger partial charge in [0.05, 0.1) is 11.6 Å². The number of hydrogen-bond donors (Lipinski definition) is 6. The van der Waals surface area contributed by atoms with Crippen molar-refractivity contribution >= 4 is 41.7 Å². The largest absolute Gasteiger partial charge is 0.494 e. The van der Waals surface area contributed by atoms with Crippen LogP contribution in [0.15, 0.2) is 6.58 Å². The molecule has 0 spiro atoms. The Bertz CT molecular complexity index is 1230. The third-order valence-electron chi connectivity index (χ3n) is 5.65. The monoisotopic (exact) mass is 455 g/mol. The Morgan fingerprint density at radius 3 is 2.24 bits per heavy atom. The third kappa shape index (κ3) is 6.09. The van der Waals surface area contributed by atoms with E-state index in [1.165, 1.54) is 13.0 Å². The van der Waals surface area contributed by atoms with Crippen LogP contribution >= 0.6 is 0 Å². The van der Waals surface area contributed by atoms with Gasteiger partial charge in [0.1, 0.15) is 5.78 Å². The fraction of sp³-hybridized carbons (Fsp3) is 0.333. The van der Waals surface area contributed by atoms with E-state index in [0.717, 1.165) is 11.1 Å². The maximum Gasteiger partial charge on any atom is 0.303 e. The van der Waals surface area contributed by atoms with Crippen molar-refractivity contribution in [3.63, 3.8) is 0 Å². The lowest BCUT2D eigenvalue weighted by atomic mass is 9.93. The molecule has 6 N–H and O–H groups in total. The van der Waals surface area contributed by atoms with E-state index in [4.69, 9.17) is 15.6 Å². The number of carbonyl (C=O) groups excluding carboxylic acids is 1. The molecule has 2 heterocycles. The number of carbonyl (C=O) groups is 3. The van der Waals surface area contributed by atoms with Crippen molar-refractivity contribution < 1.29 is 29.7 Å². The molecule has 0 saturated heterocycles. The number of aromatic amines is 2. The molecule has 0 aliphatic carbocycles. The lowest BCUT2D eigenvalue weighted by Gasteiger charge is -2.11. The number of nitrogens with one attached hydrogen (secondary N) is 3. The van der Waals surface area contributed by atoms with Gasteiger partial charge in [0, 0.05) is 40.4 Å². The van der Waals surface area contributed by atoms with E-state index in [2.05, 4.69) is 16.5 Å². The smallest absolute Gasteiger partial charge is 0.303 e. The van der Waals surface area contributed by atoms with E-state index >= 15 is 0 Å². The third-order valence-corrected chi connectivity index (χ3v) is 5.65. The number of hydrogen-bond acceptors (Lipinski definition) is 5. The van der Waals surface area contributed by atoms with Crippen LogP contribution in [0, 0.1) is 25.2 Å². The average Bonchev–Trinajstić information content (AvgIpc) is 3.15. The van der Waals surface area contributed by atoms with Crippen LogP contribution in [0.2, 0.25) is 0 Å². The maximum atomic E-state index is 12.0. The molecular weight excluding hydrogens is 426 g/mol. The standard InChI is InChI=1S/C24H29N3O6/c1-5-15-13(3)24(33)27-21(15)11-19-12(2)16(6-8-22(29)30)20(26-19)10-18(25)17(14(4)28)7-9-23(31)32/h5,10-11,17,25-27,33H,1,6-9H2,2-4H3,(H,29,30)(H,31,32)/b19-11+,20-10+,25-18?. The van der Waals surface area contributed by atoms with Gasteiger partial charge in [-0.25, -0.2) is 0 Å². The second kappa shape index (κ2) is 10.6. The predicted octanol–water partition coefficient (Wildman–Crippen LogP) is 2.02. The van der Waals surface area contributed by atoms with Crippen LogP contribution in [0.5, 0.6) is 5.88 Å². The molecule has 1 unspecified atom stereocenters. The van der Waals surface area contributed by atoms with Crippen molar-refractivity contribution in [3.8, 4) is 5.88 Å². The lowest BCUT2D eigenvalue weighted by Crippen LogP contribution is -2.24. The fourth-order valence-corrected chi connectivity index (χ4v) is 3.74. The van der Waals surface area contributed by atoms with Gasteiger partial charge < -0.3 is 30.7 Å². The van der Waals surface area contributed by atoms with Crippen LogP contribution < -0.4 is 10.7 Å². The van der Waals surface area contributed by atoms with Gasteiger partial charge in [-0.15, -0.1) is 0 Å². The van der Waals surface area contributed by atoms with E-state index in [-0.39, 0.29) is 43.1 Å². The molecular formula is C24H29N3O6. The van der Waals surface area contributed by atoms with Crippen LogP contribution in [0.25, 0.3) is 18.2 Å². The number of aromatic hydroxyl groups is 1. The minimum atomic E-state index is -1.05. The highest BCUT2D eigenvalue weighted by Crippen LogP contribution is 2.24. The van der Waals surface area contributed by atoms with E-state index in [1.54, 1.807) is 19.1 Å². The summed E-state index contributed by atoms with van der Waals surface area (Å²) in [5.74, 6) is -3.19. The van der Waals surface area contributed by atoms with Crippen LogP contribution in [-0.4, -0.2) is 48.7 Å². The highest BCUT2D eigenvalue weighted by molar-refractivity contribution is 6.18. The quantitative estimate of drug-likeness (QED) is 0.283. The number of H-pyrrole nitrogens is 2. The van der Waals surface area contributed by atoms with Gasteiger partial charge in [-0.05, 0) is 56.9 Å². The number of carboxylic acid groups (broad SMARTS) is 2. The minimum absolute atomic E-state index is 0.00680. The Morgan fingerprint density at radius 1 is 1.06 bits per heavy atom.